The minimum Gasteiger partial charge on any atom is -0.474 e. The number of halogens is 1. The van der Waals surface area contributed by atoms with Gasteiger partial charge in [-0.15, -0.1) is 21.8 Å². The van der Waals surface area contributed by atoms with Crippen LogP contribution in [0.5, 0.6) is 5.88 Å². The van der Waals surface area contributed by atoms with Gasteiger partial charge >= 0.3 is 0 Å². The van der Waals surface area contributed by atoms with Crippen LogP contribution in [0.4, 0.5) is 0 Å². The monoisotopic (exact) mass is 293 g/mol. The minimum absolute atomic E-state index is 0.219. The molecule has 0 bridgehead atoms. The summed E-state index contributed by atoms with van der Waals surface area (Å²) in [7, 11) is 0. The molecule has 0 saturated heterocycles. The zero-order valence-electron chi connectivity index (χ0n) is 11.0. The lowest BCUT2D eigenvalue weighted by Gasteiger charge is -2.26. The summed E-state index contributed by atoms with van der Waals surface area (Å²) < 4.78 is 11.4. The van der Waals surface area contributed by atoms with E-state index in [1.807, 2.05) is 18.2 Å². The van der Waals surface area contributed by atoms with E-state index in [4.69, 9.17) is 20.8 Å². The fourth-order valence-electron chi connectivity index (χ4n) is 2.50. The Morgan fingerprint density at radius 2 is 2.05 bits per heavy atom. The van der Waals surface area contributed by atoms with Gasteiger partial charge < -0.3 is 9.15 Å². The fraction of sp³-hybridized carbons (Fsp3) is 0.500. The molecule has 1 saturated carbocycles. The average Bonchev–Trinajstić information content (AvgIpc) is 2.98. The van der Waals surface area contributed by atoms with E-state index in [9.17, 15) is 0 Å². The molecule has 1 aliphatic carbocycles. The number of nitrogens with zero attached hydrogens (tertiary/aromatic N) is 3. The molecule has 0 unspecified atom stereocenters. The van der Waals surface area contributed by atoms with Crippen LogP contribution in [0.3, 0.4) is 0 Å². The van der Waals surface area contributed by atoms with Crippen LogP contribution in [-0.4, -0.2) is 21.3 Å². The van der Waals surface area contributed by atoms with Gasteiger partial charge in [-0.3, -0.25) is 0 Å². The van der Waals surface area contributed by atoms with Crippen molar-refractivity contribution < 1.29 is 9.15 Å². The third kappa shape index (κ3) is 3.10. The first-order valence-electron chi connectivity index (χ1n) is 6.81. The maximum Gasteiger partial charge on any atom is 0.231 e. The molecular weight excluding hydrogens is 278 g/mol. The molecule has 0 aromatic carbocycles. The first-order chi connectivity index (χ1) is 9.85. The molecule has 0 N–H and O–H groups in total. The molecule has 20 heavy (non-hydrogen) atoms. The third-order valence-electron chi connectivity index (χ3n) is 3.55. The van der Waals surface area contributed by atoms with Crippen LogP contribution in [0.2, 0.25) is 0 Å². The third-order valence-corrected chi connectivity index (χ3v) is 3.77. The van der Waals surface area contributed by atoms with Crippen molar-refractivity contribution in [2.24, 2.45) is 0 Å². The van der Waals surface area contributed by atoms with Crippen molar-refractivity contribution in [3.8, 4) is 5.88 Å². The van der Waals surface area contributed by atoms with Gasteiger partial charge in [-0.05, 0) is 31.7 Å². The van der Waals surface area contributed by atoms with Crippen molar-refractivity contribution >= 4 is 11.6 Å². The van der Waals surface area contributed by atoms with Gasteiger partial charge in [0.05, 0.1) is 0 Å². The summed E-state index contributed by atoms with van der Waals surface area (Å²) in [5, 5.41) is 7.97. The molecule has 0 atom stereocenters. The highest BCUT2D eigenvalue weighted by Crippen LogP contribution is 2.33. The Morgan fingerprint density at radius 3 is 2.70 bits per heavy atom. The lowest BCUT2D eigenvalue weighted by atomic mass is 9.87. The van der Waals surface area contributed by atoms with Gasteiger partial charge in [0.2, 0.25) is 17.7 Å². The van der Waals surface area contributed by atoms with E-state index in [0.29, 0.717) is 23.6 Å². The largest absolute Gasteiger partial charge is 0.474 e. The molecule has 0 spiro atoms. The molecule has 3 rings (SSSR count). The van der Waals surface area contributed by atoms with Crippen molar-refractivity contribution in [3.63, 3.8) is 0 Å². The van der Waals surface area contributed by atoms with Crippen LogP contribution in [-0.2, 0) is 5.88 Å². The van der Waals surface area contributed by atoms with Crippen LogP contribution >= 0.6 is 11.6 Å². The molecule has 0 aliphatic heterocycles. The van der Waals surface area contributed by atoms with Gasteiger partial charge in [-0.1, -0.05) is 6.07 Å². The summed E-state index contributed by atoms with van der Waals surface area (Å²) >= 11 is 5.67. The fourth-order valence-corrected chi connectivity index (χ4v) is 2.61. The Bertz CT molecular complexity index is 538. The van der Waals surface area contributed by atoms with Gasteiger partial charge in [0.1, 0.15) is 12.0 Å². The molecular formula is C14H16ClN3O2. The SMILES string of the molecule is ClCc1nnc([C@H]2CC[C@H](Oc3ccccn3)CC2)o1. The predicted molar refractivity (Wildman–Crippen MR) is 73.7 cm³/mol. The van der Waals surface area contributed by atoms with Crippen LogP contribution in [0, 0.1) is 0 Å². The summed E-state index contributed by atoms with van der Waals surface area (Å²) in [5.74, 6) is 2.48. The number of hydrogen-bond acceptors (Lipinski definition) is 5. The Hall–Kier alpha value is -1.62. The van der Waals surface area contributed by atoms with Gasteiger partial charge in [0, 0.05) is 18.2 Å². The number of pyridine rings is 1. The Labute approximate surface area is 122 Å². The van der Waals surface area contributed by atoms with E-state index >= 15 is 0 Å². The lowest BCUT2D eigenvalue weighted by Crippen LogP contribution is -2.23. The Balaban J connectivity index is 1.54. The smallest absolute Gasteiger partial charge is 0.231 e. The summed E-state index contributed by atoms with van der Waals surface area (Å²) in [5.41, 5.74) is 0. The highest BCUT2D eigenvalue weighted by Gasteiger charge is 2.27. The number of ether oxygens (including phenoxy) is 1. The molecule has 106 valence electrons. The number of alkyl halides is 1. The minimum atomic E-state index is 0.219. The molecule has 2 heterocycles. The molecule has 0 amide bonds. The quantitative estimate of drug-likeness (QED) is 0.809. The van der Waals surface area contributed by atoms with Crippen molar-refractivity contribution in [3.05, 3.63) is 36.2 Å². The van der Waals surface area contributed by atoms with Gasteiger partial charge in [-0.25, -0.2) is 4.98 Å². The first kappa shape index (κ1) is 13.4. The van der Waals surface area contributed by atoms with E-state index in [0.717, 1.165) is 25.7 Å². The van der Waals surface area contributed by atoms with Crippen LogP contribution in [0.15, 0.2) is 28.8 Å². The van der Waals surface area contributed by atoms with E-state index in [1.54, 1.807) is 6.20 Å². The lowest BCUT2D eigenvalue weighted by molar-refractivity contribution is 0.135. The topological polar surface area (TPSA) is 61.0 Å². The van der Waals surface area contributed by atoms with Gasteiger partial charge in [-0.2, -0.15) is 0 Å². The van der Waals surface area contributed by atoms with Gasteiger partial charge in [0.25, 0.3) is 0 Å². The summed E-state index contributed by atoms with van der Waals surface area (Å²) in [6, 6.07) is 5.70. The summed E-state index contributed by atoms with van der Waals surface area (Å²) in [4.78, 5) is 4.19. The summed E-state index contributed by atoms with van der Waals surface area (Å²) in [6.07, 6.45) is 5.88. The maximum absolute atomic E-state index is 5.87. The van der Waals surface area contributed by atoms with E-state index < -0.39 is 0 Å². The van der Waals surface area contributed by atoms with E-state index in [2.05, 4.69) is 15.2 Å². The molecule has 1 fully saturated rings. The van der Waals surface area contributed by atoms with Crippen LogP contribution in [0.25, 0.3) is 0 Å². The maximum atomic E-state index is 5.87. The molecule has 2 aromatic heterocycles. The second kappa shape index (κ2) is 6.22. The molecule has 0 radical (unpaired) electrons. The van der Waals surface area contributed by atoms with Crippen molar-refractivity contribution in [1.82, 2.24) is 15.2 Å². The van der Waals surface area contributed by atoms with Gasteiger partial charge in [0.15, 0.2) is 0 Å². The highest BCUT2D eigenvalue weighted by atomic mass is 35.5. The van der Waals surface area contributed by atoms with Crippen molar-refractivity contribution in [2.75, 3.05) is 0 Å². The second-order valence-electron chi connectivity index (χ2n) is 4.93. The first-order valence-corrected chi connectivity index (χ1v) is 7.34. The molecule has 2 aromatic rings. The zero-order valence-corrected chi connectivity index (χ0v) is 11.8. The summed E-state index contributed by atoms with van der Waals surface area (Å²) in [6.45, 7) is 0. The normalized spacial score (nSPS) is 22.6. The number of rotatable bonds is 4. The molecule has 6 heteroatoms. The highest BCUT2D eigenvalue weighted by molar-refractivity contribution is 6.16. The zero-order chi connectivity index (χ0) is 13.8. The Kier molecular flexibility index (Phi) is 4.16. The average molecular weight is 294 g/mol. The van der Waals surface area contributed by atoms with Crippen LogP contribution in [0.1, 0.15) is 43.4 Å². The van der Waals surface area contributed by atoms with Crippen molar-refractivity contribution in [2.45, 2.75) is 43.6 Å². The molecule has 1 aliphatic rings. The number of hydrogen-bond donors (Lipinski definition) is 0. The second-order valence-corrected chi connectivity index (χ2v) is 5.19. The standard InChI is InChI=1S/C14H16ClN3O2/c15-9-13-17-18-14(20-13)10-4-6-11(7-5-10)19-12-3-1-2-8-16-12/h1-3,8,10-11H,4-7,9H2/t10-,11-. The Morgan fingerprint density at radius 1 is 1.20 bits per heavy atom. The molecule has 5 nitrogen and oxygen atoms in total. The van der Waals surface area contributed by atoms with Crippen LogP contribution < -0.4 is 4.74 Å². The predicted octanol–water partition coefficient (Wildman–Crippen LogP) is 3.31. The van der Waals surface area contributed by atoms with Crippen molar-refractivity contribution in [1.29, 1.82) is 0 Å². The van der Waals surface area contributed by atoms with E-state index in [-0.39, 0.29) is 12.0 Å². The number of aromatic nitrogens is 3. The van der Waals surface area contributed by atoms with E-state index in [1.165, 1.54) is 0 Å².